The molecule has 1 rings (SSSR count). The SMILES string of the molecule is CC/C=C\C/C=C\C/C=C\CCCCCCCC(=O)OCC(COC1OC(C(=O)O)C(O)C(O)C1OC(=O)CCCCCCCCCCC/C=C\C/C=C\CCCCC)OC(=O)CCCCCCC/C=C\CCCCCC. The number of hydrogen-bond donors (Lipinski definition) is 3. The number of aliphatic hydroxyl groups excluding tert-OH is 2. The third-order valence-corrected chi connectivity index (χ3v) is 13.7. The molecule has 0 spiro atoms. The highest BCUT2D eigenvalue weighted by Gasteiger charge is 2.50. The maximum Gasteiger partial charge on any atom is 0.335 e. The molecule has 442 valence electrons. The first-order chi connectivity index (χ1) is 37.6. The minimum atomic E-state index is -1.91. The number of carboxylic acids is 1. The molecule has 12 nitrogen and oxygen atoms in total. The molecule has 0 aromatic heterocycles. The van der Waals surface area contributed by atoms with Crippen LogP contribution in [-0.2, 0) is 42.9 Å². The highest BCUT2D eigenvalue weighted by atomic mass is 16.7. The molecule has 0 aliphatic carbocycles. The summed E-state index contributed by atoms with van der Waals surface area (Å²) in [7, 11) is 0. The van der Waals surface area contributed by atoms with Crippen molar-refractivity contribution in [1.29, 1.82) is 0 Å². The van der Waals surface area contributed by atoms with Gasteiger partial charge >= 0.3 is 23.9 Å². The number of aliphatic carboxylic acids is 1. The molecule has 1 aliphatic rings. The zero-order chi connectivity index (χ0) is 56.1. The van der Waals surface area contributed by atoms with Crippen LogP contribution in [0.3, 0.4) is 0 Å². The van der Waals surface area contributed by atoms with Crippen LogP contribution in [0.4, 0.5) is 0 Å². The molecular formula is C65H110O12. The fraction of sp³-hybridized carbons (Fsp3) is 0.754. The van der Waals surface area contributed by atoms with Gasteiger partial charge in [0.2, 0.25) is 0 Å². The maximum atomic E-state index is 13.1. The van der Waals surface area contributed by atoms with Crippen LogP contribution in [-0.4, -0.2) is 89.2 Å². The van der Waals surface area contributed by atoms with Crippen molar-refractivity contribution in [3.8, 4) is 0 Å². The first kappa shape index (κ1) is 71.2. The van der Waals surface area contributed by atoms with Gasteiger partial charge in [0.25, 0.3) is 0 Å². The van der Waals surface area contributed by atoms with E-state index in [1.165, 1.54) is 77.0 Å². The lowest BCUT2D eigenvalue weighted by Gasteiger charge is -2.40. The van der Waals surface area contributed by atoms with Crippen LogP contribution in [0.15, 0.2) is 72.9 Å². The fourth-order valence-corrected chi connectivity index (χ4v) is 9.00. The van der Waals surface area contributed by atoms with Gasteiger partial charge in [-0.3, -0.25) is 14.4 Å². The van der Waals surface area contributed by atoms with E-state index in [0.717, 1.165) is 128 Å². The summed E-state index contributed by atoms with van der Waals surface area (Å²) in [4.78, 5) is 51.2. The molecule has 12 heteroatoms. The van der Waals surface area contributed by atoms with Gasteiger partial charge < -0.3 is 39.0 Å². The summed E-state index contributed by atoms with van der Waals surface area (Å²) in [5, 5.41) is 31.5. The Balaban J connectivity index is 2.67. The van der Waals surface area contributed by atoms with E-state index < -0.39 is 67.3 Å². The Morgan fingerprint density at radius 2 is 0.818 bits per heavy atom. The number of allylic oxidation sites excluding steroid dienone is 12. The molecular weight excluding hydrogens is 973 g/mol. The topological polar surface area (TPSA) is 175 Å². The number of unbranched alkanes of at least 4 members (excludes halogenated alkanes) is 26. The van der Waals surface area contributed by atoms with E-state index in [-0.39, 0.29) is 25.9 Å². The van der Waals surface area contributed by atoms with Crippen molar-refractivity contribution in [2.75, 3.05) is 13.2 Å². The predicted molar refractivity (Wildman–Crippen MR) is 312 cm³/mol. The van der Waals surface area contributed by atoms with Gasteiger partial charge in [-0.1, -0.05) is 209 Å². The zero-order valence-corrected chi connectivity index (χ0v) is 48.7. The largest absolute Gasteiger partial charge is 0.479 e. The highest BCUT2D eigenvalue weighted by molar-refractivity contribution is 5.74. The quantitative estimate of drug-likeness (QED) is 0.0228. The minimum absolute atomic E-state index is 0.0517. The van der Waals surface area contributed by atoms with Crippen LogP contribution in [0.2, 0.25) is 0 Å². The third kappa shape index (κ3) is 42.7. The van der Waals surface area contributed by atoms with Crippen molar-refractivity contribution in [3.63, 3.8) is 0 Å². The standard InChI is InChI=1S/C65H110O12/c1-4-7-10-13-16-19-22-25-27-28-29-30-32-35-38-41-44-47-50-53-59(68)76-63-61(70)60(69)62(64(71)72)77-65(63)74-55-56(75-58(67)52-49-46-43-40-37-33-24-21-18-15-12-9-6-3)54-73-57(66)51-48-45-42-39-36-34-31-26-23-20-17-14-11-8-5-2/h8,11,16-17,19-21,24-27,31,56,60-63,65,69-70H,4-7,9-10,12-15,18,22-23,28-30,32-55H2,1-3H3,(H,71,72)/b11-8-,19-16-,20-17-,24-21-,27-25-,31-26-. The van der Waals surface area contributed by atoms with Crippen molar-refractivity contribution >= 4 is 23.9 Å². The average Bonchev–Trinajstić information content (AvgIpc) is 3.42. The molecule has 0 radical (unpaired) electrons. The van der Waals surface area contributed by atoms with Gasteiger partial charge in [0.05, 0.1) is 6.61 Å². The average molecular weight is 1080 g/mol. The molecule has 0 aromatic carbocycles. The second kappa shape index (κ2) is 52.8. The molecule has 6 atom stereocenters. The summed E-state index contributed by atoms with van der Waals surface area (Å²) in [5.41, 5.74) is 0. The van der Waals surface area contributed by atoms with E-state index in [1.807, 2.05) is 0 Å². The van der Waals surface area contributed by atoms with Crippen LogP contribution in [0, 0.1) is 0 Å². The van der Waals surface area contributed by atoms with E-state index >= 15 is 0 Å². The molecule has 77 heavy (non-hydrogen) atoms. The Hall–Kier alpha value is -3.84. The summed E-state index contributed by atoms with van der Waals surface area (Å²) in [6, 6.07) is 0. The Bertz CT molecular complexity index is 1620. The third-order valence-electron chi connectivity index (χ3n) is 13.7. The lowest BCUT2D eigenvalue weighted by molar-refractivity contribution is -0.301. The van der Waals surface area contributed by atoms with Gasteiger partial charge in [-0.05, 0) is 109 Å². The van der Waals surface area contributed by atoms with Crippen molar-refractivity contribution in [3.05, 3.63) is 72.9 Å². The number of carboxylic acid groups (broad SMARTS) is 1. The van der Waals surface area contributed by atoms with Crippen molar-refractivity contribution in [2.45, 2.75) is 302 Å². The van der Waals surface area contributed by atoms with Gasteiger partial charge in [0.1, 0.15) is 18.8 Å². The molecule has 1 heterocycles. The van der Waals surface area contributed by atoms with Crippen molar-refractivity contribution < 1.29 is 58.2 Å². The Morgan fingerprint density at radius 3 is 1.29 bits per heavy atom. The van der Waals surface area contributed by atoms with Crippen molar-refractivity contribution in [2.24, 2.45) is 0 Å². The number of hydrogen-bond acceptors (Lipinski definition) is 11. The van der Waals surface area contributed by atoms with Gasteiger partial charge in [0.15, 0.2) is 24.6 Å². The second-order valence-corrected chi connectivity index (χ2v) is 20.9. The molecule has 1 aliphatic heterocycles. The van der Waals surface area contributed by atoms with Gasteiger partial charge in [-0.2, -0.15) is 0 Å². The number of ether oxygens (including phenoxy) is 5. The molecule has 0 aromatic rings. The summed E-state index contributed by atoms with van der Waals surface area (Å²) >= 11 is 0. The molecule has 0 bridgehead atoms. The van der Waals surface area contributed by atoms with Gasteiger partial charge in [-0.25, -0.2) is 4.79 Å². The number of carbonyl (C=O) groups is 4. The predicted octanol–water partition coefficient (Wildman–Crippen LogP) is 16.1. The first-order valence-corrected chi connectivity index (χ1v) is 30.9. The Morgan fingerprint density at radius 1 is 0.442 bits per heavy atom. The number of esters is 3. The van der Waals surface area contributed by atoms with E-state index in [0.29, 0.717) is 19.3 Å². The van der Waals surface area contributed by atoms with E-state index in [1.54, 1.807) is 0 Å². The molecule has 0 saturated carbocycles. The lowest BCUT2D eigenvalue weighted by Crippen LogP contribution is -2.61. The summed E-state index contributed by atoms with van der Waals surface area (Å²) in [6.07, 6.45) is 54.3. The summed E-state index contributed by atoms with van der Waals surface area (Å²) in [5.74, 6) is -3.15. The van der Waals surface area contributed by atoms with E-state index in [9.17, 15) is 34.5 Å². The monoisotopic (exact) mass is 1080 g/mol. The fourth-order valence-electron chi connectivity index (χ4n) is 9.00. The van der Waals surface area contributed by atoms with Crippen LogP contribution in [0.1, 0.15) is 265 Å². The molecule has 1 fully saturated rings. The summed E-state index contributed by atoms with van der Waals surface area (Å²) < 4.78 is 28.4. The Kier molecular flexibility index (Phi) is 48.8. The smallest absolute Gasteiger partial charge is 0.335 e. The molecule has 3 N–H and O–H groups in total. The summed E-state index contributed by atoms with van der Waals surface area (Å²) in [6.45, 7) is 5.83. The van der Waals surface area contributed by atoms with Crippen LogP contribution < -0.4 is 0 Å². The minimum Gasteiger partial charge on any atom is -0.479 e. The van der Waals surface area contributed by atoms with Crippen molar-refractivity contribution in [1.82, 2.24) is 0 Å². The van der Waals surface area contributed by atoms with Gasteiger partial charge in [0, 0.05) is 19.3 Å². The number of aliphatic hydroxyl groups is 2. The molecule has 6 unspecified atom stereocenters. The van der Waals surface area contributed by atoms with Crippen LogP contribution in [0.25, 0.3) is 0 Å². The number of rotatable bonds is 52. The number of carbonyl (C=O) groups excluding carboxylic acids is 3. The van der Waals surface area contributed by atoms with Crippen LogP contribution in [0.5, 0.6) is 0 Å². The lowest BCUT2D eigenvalue weighted by atomic mass is 9.98. The first-order valence-electron chi connectivity index (χ1n) is 30.9. The maximum absolute atomic E-state index is 13.1. The van der Waals surface area contributed by atoms with Gasteiger partial charge in [-0.15, -0.1) is 0 Å². The molecule has 1 saturated heterocycles. The van der Waals surface area contributed by atoms with E-state index in [2.05, 4.69) is 93.7 Å². The highest BCUT2D eigenvalue weighted by Crippen LogP contribution is 2.26. The normalized spacial score (nSPS) is 18.5. The van der Waals surface area contributed by atoms with E-state index in [4.69, 9.17) is 23.7 Å². The second-order valence-electron chi connectivity index (χ2n) is 20.9. The van der Waals surface area contributed by atoms with Crippen LogP contribution >= 0.6 is 0 Å². The molecule has 0 amide bonds. The Labute approximate surface area is 468 Å². The zero-order valence-electron chi connectivity index (χ0n) is 48.7.